The van der Waals surface area contributed by atoms with Crippen LogP contribution in [0.25, 0.3) is 11.2 Å². The van der Waals surface area contributed by atoms with E-state index in [1.165, 1.54) is 18.0 Å². The summed E-state index contributed by atoms with van der Waals surface area (Å²) < 4.78 is 43.2. The summed E-state index contributed by atoms with van der Waals surface area (Å²) in [5.74, 6) is 0.311. The van der Waals surface area contributed by atoms with E-state index in [9.17, 15) is 13.2 Å². The van der Waals surface area contributed by atoms with Crippen molar-refractivity contribution in [2.45, 2.75) is 25.6 Å². The number of hydrogen-bond donors (Lipinski definition) is 1. The van der Waals surface area contributed by atoms with Gasteiger partial charge < -0.3 is 14.3 Å². The highest BCUT2D eigenvalue weighted by Crippen LogP contribution is 2.24. The van der Waals surface area contributed by atoms with Gasteiger partial charge in [0.15, 0.2) is 10.4 Å². The van der Waals surface area contributed by atoms with E-state index >= 15 is 0 Å². The number of alkyl halides is 3. The number of aryl methyl sites for hydroxylation is 1. The number of aromatic amines is 1. The Bertz CT molecular complexity index is 634. The van der Waals surface area contributed by atoms with Crippen molar-refractivity contribution in [2.75, 3.05) is 7.11 Å². The molecule has 0 aliphatic carbocycles. The van der Waals surface area contributed by atoms with Crippen LogP contribution in [0.2, 0.25) is 0 Å². The lowest BCUT2D eigenvalue weighted by Gasteiger charge is -2.07. The van der Waals surface area contributed by atoms with E-state index < -0.39 is 12.6 Å². The van der Waals surface area contributed by atoms with Crippen molar-refractivity contribution >= 4 is 23.4 Å². The topological polar surface area (TPSA) is 55.7 Å². The van der Waals surface area contributed by atoms with Gasteiger partial charge in [0, 0.05) is 13.0 Å². The van der Waals surface area contributed by atoms with E-state index in [0.29, 0.717) is 21.8 Å². The molecule has 9 heteroatoms. The number of nitrogens with zero attached hydrogens (tertiary/aromatic N) is 3. The van der Waals surface area contributed by atoms with Gasteiger partial charge in [-0.3, -0.25) is 0 Å². The molecule has 0 unspecified atom stereocenters. The fraction of sp³-hybridized carbons (Fsp3) is 0.500. The zero-order valence-corrected chi connectivity index (χ0v) is 10.8. The van der Waals surface area contributed by atoms with Crippen LogP contribution < -0.4 is 4.74 Å². The molecule has 5 nitrogen and oxygen atoms in total. The van der Waals surface area contributed by atoms with Crippen LogP contribution in [0.5, 0.6) is 5.88 Å². The molecule has 0 amide bonds. The second-order valence-corrected chi connectivity index (χ2v) is 4.27. The van der Waals surface area contributed by atoms with E-state index in [1.54, 1.807) is 0 Å². The van der Waals surface area contributed by atoms with Crippen molar-refractivity contribution in [3.8, 4) is 5.88 Å². The molecule has 0 spiro atoms. The van der Waals surface area contributed by atoms with Crippen molar-refractivity contribution in [2.24, 2.45) is 0 Å². The molecular weight excluding hydrogens is 281 g/mol. The summed E-state index contributed by atoms with van der Waals surface area (Å²) in [5, 5.41) is 0. The summed E-state index contributed by atoms with van der Waals surface area (Å²) in [6.07, 6.45) is -3.80. The number of halogens is 3. The van der Waals surface area contributed by atoms with Crippen molar-refractivity contribution in [1.82, 2.24) is 19.5 Å². The lowest BCUT2D eigenvalue weighted by atomic mass is 10.3. The third-order valence-corrected chi connectivity index (χ3v) is 2.88. The van der Waals surface area contributed by atoms with Gasteiger partial charge in [-0.25, -0.2) is 4.98 Å². The fourth-order valence-electron chi connectivity index (χ4n) is 1.75. The molecule has 104 valence electrons. The van der Waals surface area contributed by atoms with Crippen LogP contribution in [0.3, 0.4) is 0 Å². The highest BCUT2D eigenvalue weighted by Gasteiger charge is 2.26. The number of aromatic nitrogens is 4. The Labute approximate surface area is 111 Å². The average Bonchev–Trinajstić information content (AvgIpc) is 2.64. The minimum absolute atomic E-state index is 0.0585. The number of H-pyrrole nitrogens is 1. The lowest BCUT2D eigenvalue weighted by molar-refractivity contribution is -0.135. The molecule has 0 saturated heterocycles. The van der Waals surface area contributed by atoms with Gasteiger partial charge in [-0.15, -0.1) is 0 Å². The van der Waals surface area contributed by atoms with Crippen LogP contribution in [0.15, 0.2) is 6.33 Å². The average molecular weight is 292 g/mol. The Hall–Kier alpha value is -1.64. The number of fused-ring (bicyclic) bond motifs is 1. The first-order valence-electron chi connectivity index (χ1n) is 5.46. The number of imidazole rings is 1. The third kappa shape index (κ3) is 3.03. The molecule has 0 aliphatic heterocycles. The predicted molar refractivity (Wildman–Crippen MR) is 64.6 cm³/mol. The molecular formula is C10H11F3N4OS. The molecule has 0 atom stereocenters. The summed E-state index contributed by atoms with van der Waals surface area (Å²) in [6, 6.07) is 0. The maximum Gasteiger partial charge on any atom is 0.389 e. The summed E-state index contributed by atoms with van der Waals surface area (Å²) in [7, 11) is 1.44. The van der Waals surface area contributed by atoms with Gasteiger partial charge in [0.2, 0.25) is 5.88 Å². The van der Waals surface area contributed by atoms with Crippen LogP contribution in [0, 0.1) is 4.77 Å². The number of methoxy groups -OCH3 is 1. The minimum atomic E-state index is -4.17. The smallest absolute Gasteiger partial charge is 0.389 e. The highest BCUT2D eigenvalue weighted by molar-refractivity contribution is 7.71. The van der Waals surface area contributed by atoms with E-state index in [0.717, 1.165) is 0 Å². The van der Waals surface area contributed by atoms with Gasteiger partial charge in [0.05, 0.1) is 7.11 Å². The summed E-state index contributed by atoms with van der Waals surface area (Å²) in [5.41, 5.74) is 0.932. The Balaban J connectivity index is 2.29. The highest BCUT2D eigenvalue weighted by atomic mass is 32.1. The minimum Gasteiger partial charge on any atom is -0.479 e. The van der Waals surface area contributed by atoms with Crippen LogP contribution >= 0.6 is 12.2 Å². The van der Waals surface area contributed by atoms with Crippen LogP contribution in [-0.2, 0) is 6.54 Å². The molecule has 0 fully saturated rings. The van der Waals surface area contributed by atoms with Gasteiger partial charge in [0.1, 0.15) is 11.8 Å². The van der Waals surface area contributed by atoms with Crippen molar-refractivity contribution in [1.29, 1.82) is 0 Å². The van der Waals surface area contributed by atoms with Crippen LogP contribution in [-0.4, -0.2) is 32.8 Å². The van der Waals surface area contributed by atoms with Crippen LogP contribution in [0.4, 0.5) is 13.2 Å². The van der Waals surface area contributed by atoms with E-state index in [2.05, 4.69) is 15.0 Å². The van der Waals surface area contributed by atoms with E-state index in [1.807, 2.05) is 0 Å². The quantitative estimate of drug-likeness (QED) is 0.880. The van der Waals surface area contributed by atoms with E-state index in [-0.39, 0.29) is 13.0 Å². The molecule has 0 aliphatic rings. The van der Waals surface area contributed by atoms with Crippen LogP contribution in [0.1, 0.15) is 12.8 Å². The molecule has 0 bridgehead atoms. The normalized spacial score (nSPS) is 12.0. The first-order chi connectivity index (χ1) is 8.92. The Kier molecular flexibility index (Phi) is 3.74. The van der Waals surface area contributed by atoms with Crippen molar-refractivity contribution in [3.05, 3.63) is 11.1 Å². The number of hydrogen-bond acceptors (Lipinski definition) is 4. The first-order valence-corrected chi connectivity index (χ1v) is 5.87. The molecule has 0 radical (unpaired) electrons. The standard InChI is InChI=1S/C10H11F3N4OS/c1-18-8-6-7(14-5-15-8)17(9(19)16-6)4-2-3-10(11,12)13/h5H,2-4H2,1H3,(H,16,19). The van der Waals surface area contributed by atoms with Gasteiger partial charge >= 0.3 is 6.18 Å². The van der Waals surface area contributed by atoms with Gasteiger partial charge in [-0.05, 0) is 18.6 Å². The Morgan fingerprint density at radius 2 is 2.16 bits per heavy atom. The maximum atomic E-state index is 12.1. The second-order valence-electron chi connectivity index (χ2n) is 3.88. The summed E-state index contributed by atoms with van der Waals surface area (Å²) >= 11 is 5.07. The third-order valence-electron chi connectivity index (χ3n) is 2.56. The zero-order chi connectivity index (χ0) is 14.0. The Morgan fingerprint density at radius 1 is 1.42 bits per heavy atom. The van der Waals surface area contributed by atoms with Gasteiger partial charge in [0.25, 0.3) is 0 Å². The molecule has 2 rings (SSSR count). The maximum absolute atomic E-state index is 12.1. The van der Waals surface area contributed by atoms with Crippen molar-refractivity contribution in [3.63, 3.8) is 0 Å². The van der Waals surface area contributed by atoms with Gasteiger partial charge in [-0.1, -0.05) is 0 Å². The largest absolute Gasteiger partial charge is 0.479 e. The monoisotopic (exact) mass is 292 g/mol. The van der Waals surface area contributed by atoms with E-state index in [4.69, 9.17) is 17.0 Å². The molecule has 2 aromatic rings. The number of rotatable bonds is 4. The molecule has 1 N–H and O–H groups in total. The lowest BCUT2D eigenvalue weighted by Crippen LogP contribution is -2.09. The second kappa shape index (κ2) is 5.16. The van der Waals surface area contributed by atoms with Crippen molar-refractivity contribution < 1.29 is 17.9 Å². The molecule has 0 aromatic carbocycles. The number of ether oxygens (including phenoxy) is 1. The zero-order valence-electron chi connectivity index (χ0n) is 9.99. The molecule has 2 heterocycles. The number of nitrogens with one attached hydrogen (secondary N) is 1. The van der Waals surface area contributed by atoms with Gasteiger partial charge in [-0.2, -0.15) is 18.2 Å². The predicted octanol–water partition coefficient (Wildman–Crippen LogP) is 2.84. The summed E-state index contributed by atoms with van der Waals surface area (Å²) in [4.78, 5) is 10.8. The molecule has 2 aromatic heterocycles. The first kappa shape index (κ1) is 13.8. The SMILES string of the molecule is COc1ncnc2c1[nH]c(=S)n2CCCC(F)(F)F. The summed E-state index contributed by atoms with van der Waals surface area (Å²) in [6.45, 7) is 0.137. The molecule has 19 heavy (non-hydrogen) atoms. The molecule has 0 saturated carbocycles. The fourth-order valence-corrected chi connectivity index (χ4v) is 2.02. The Morgan fingerprint density at radius 3 is 2.79 bits per heavy atom.